The first-order valence-electron chi connectivity index (χ1n) is 8.73. The van der Waals surface area contributed by atoms with Gasteiger partial charge >= 0.3 is 0 Å². The third-order valence-corrected chi connectivity index (χ3v) is 5.49. The molecule has 2 unspecified atom stereocenters. The van der Waals surface area contributed by atoms with Gasteiger partial charge < -0.3 is 15.5 Å². The quantitative estimate of drug-likeness (QED) is 0.864. The molecule has 1 aliphatic heterocycles. The van der Waals surface area contributed by atoms with Crippen LogP contribution in [0.15, 0.2) is 0 Å². The van der Waals surface area contributed by atoms with Gasteiger partial charge in [0.05, 0.1) is 5.92 Å². The summed E-state index contributed by atoms with van der Waals surface area (Å²) in [6.45, 7) is 7.49. The Hall–Kier alpha value is -0.610. The fraction of sp³-hybridized carbons (Fsp3) is 0.941. The smallest absolute Gasteiger partial charge is 0.227 e. The molecule has 0 bridgehead atoms. The maximum absolute atomic E-state index is 12.6. The first kappa shape index (κ1) is 16.8. The molecule has 2 rings (SSSR count). The number of nitrogens with zero attached hydrogens (tertiary/aromatic N) is 2. The third-order valence-electron chi connectivity index (χ3n) is 5.49. The van der Waals surface area contributed by atoms with Crippen LogP contribution in [-0.2, 0) is 4.79 Å². The molecule has 4 nitrogen and oxygen atoms in total. The van der Waals surface area contributed by atoms with E-state index in [1.807, 2.05) is 0 Å². The van der Waals surface area contributed by atoms with Crippen molar-refractivity contribution in [2.75, 3.05) is 26.7 Å². The van der Waals surface area contributed by atoms with Crippen molar-refractivity contribution in [3.8, 4) is 0 Å². The number of rotatable bonds is 4. The number of hydrogen-bond donors (Lipinski definition) is 1. The highest BCUT2D eigenvalue weighted by Gasteiger charge is 2.33. The molecule has 2 fully saturated rings. The Labute approximate surface area is 130 Å². The lowest BCUT2D eigenvalue weighted by Crippen LogP contribution is -2.49. The van der Waals surface area contributed by atoms with Gasteiger partial charge in [-0.25, -0.2) is 0 Å². The van der Waals surface area contributed by atoms with Crippen molar-refractivity contribution in [3.63, 3.8) is 0 Å². The number of nitrogens with two attached hydrogens (primary N) is 1. The Morgan fingerprint density at radius 1 is 1.19 bits per heavy atom. The zero-order valence-corrected chi connectivity index (χ0v) is 14.1. The Morgan fingerprint density at radius 2 is 1.81 bits per heavy atom. The molecule has 1 amide bonds. The lowest BCUT2D eigenvalue weighted by Gasteiger charge is -2.38. The molecule has 2 N–H and O–H groups in total. The van der Waals surface area contributed by atoms with Crippen LogP contribution < -0.4 is 5.73 Å². The van der Waals surface area contributed by atoms with Gasteiger partial charge in [0, 0.05) is 31.7 Å². The highest BCUT2D eigenvalue weighted by molar-refractivity contribution is 5.79. The third kappa shape index (κ3) is 4.43. The Balaban J connectivity index is 1.79. The zero-order chi connectivity index (χ0) is 15.4. The Kier molecular flexibility index (Phi) is 6.06. The minimum absolute atomic E-state index is 0.0913. The predicted octanol–water partition coefficient (Wildman–Crippen LogP) is 2.08. The second-order valence-corrected chi connectivity index (χ2v) is 7.36. The lowest BCUT2D eigenvalue weighted by atomic mass is 9.83. The average Bonchev–Trinajstić information content (AvgIpc) is 2.47. The van der Waals surface area contributed by atoms with Gasteiger partial charge in [-0.3, -0.25) is 4.79 Å². The van der Waals surface area contributed by atoms with Crippen LogP contribution in [0.3, 0.4) is 0 Å². The first-order valence-corrected chi connectivity index (χ1v) is 8.73. The van der Waals surface area contributed by atoms with Crippen LogP contribution in [0, 0.1) is 11.8 Å². The van der Waals surface area contributed by atoms with Gasteiger partial charge in [0.15, 0.2) is 0 Å². The summed E-state index contributed by atoms with van der Waals surface area (Å²) >= 11 is 0. The van der Waals surface area contributed by atoms with Crippen molar-refractivity contribution in [1.82, 2.24) is 9.80 Å². The van der Waals surface area contributed by atoms with Crippen molar-refractivity contribution in [2.24, 2.45) is 17.6 Å². The van der Waals surface area contributed by atoms with Gasteiger partial charge in [0.2, 0.25) is 5.91 Å². The highest BCUT2D eigenvalue weighted by atomic mass is 16.2. The SMILES string of the molecule is CC(C)N(C)CC1CCN(C(=O)C2CCCCC2N)CC1. The van der Waals surface area contributed by atoms with Crippen molar-refractivity contribution < 1.29 is 4.79 Å². The van der Waals surface area contributed by atoms with Crippen LogP contribution >= 0.6 is 0 Å². The van der Waals surface area contributed by atoms with E-state index in [2.05, 4.69) is 30.7 Å². The summed E-state index contributed by atoms with van der Waals surface area (Å²) in [5.41, 5.74) is 6.16. The largest absolute Gasteiger partial charge is 0.342 e. The van der Waals surface area contributed by atoms with E-state index in [1.165, 1.54) is 12.8 Å². The zero-order valence-electron chi connectivity index (χ0n) is 14.1. The van der Waals surface area contributed by atoms with E-state index in [4.69, 9.17) is 5.73 Å². The monoisotopic (exact) mass is 295 g/mol. The Morgan fingerprint density at radius 3 is 2.38 bits per heavy atom. The van der Waals surface area contributed by atoms with Crippen LogP contribution in [-0.4, -0.2) is 54.5 Å². The molecule has 0 aromatic heterocycles. The molecule has 4 heteroatoms. The molecule has 0 aromatic rings. The maximum atomic E-state index is 12.6. The molecule has 1 heterocycles. The van der Waals surface area contributed by atoms with Gasteiger partial charge in [0.25, 0.3) is 0 Å². The van der Waals surface area contributed by atoms with Crippen molar-refractivity contribution in [1.29, 1.82) is 0 Å². The molecule has 0 spiro atoms. The first-order chi connectivity index (χ1) is 9.99. The number of amides is 1. The van der Waals surface area contributed by atoms with E-state index in [1.54, 1.807) is 0 Å². The standard InChI is InChI=1S/C17H33N3O/c1-13(2)19(3)12-14-8-10-20(11-9-14)17(21)15-6-4-5-7-16(15)18/h13-16H,4-12,18H2,1-3H3. The number of carbonyl (C=O) groups is 1. The number of carbonyl (C=O) groups excluding carboxylic acids is 1. The van der Waals surface area contributed by atoms with E-state index >= 15 is 0 Å². The molecule has 1 aliphatic carbocycles. The summed E-state index contributed by atoms with van der Waals surface area (Å²) in [5, 5.41) is 0. The molecule has 0 aromatic carbocycles. The van der Waals surface area contributed by atoms with Crippen molar-refractivity contribution in [3.05, 3.63) is 0 Å². The molecule has 2 atom stereocenters. The molecule has 21 heavy (non-hydrogen) atoms. The normalized spacial score (nSPS) is 28.4. The fourth-order valence-corrected chi connectivity index (χ4v) is 3.65. The summed E-state index contributed by atoms with van der Waals surface area (Å²) in [6.07, 6.45) is 6.66. The van der Waals surface area contributed by atoms with Crippen LogP contribution in [0.25, 0.3) is 0 Å². The van der Waals surface area contributed by atoms with E-state index in [0.29, 0.717) is 11.9 Å². The second kappa shape index (κ2) is 7.59. The summed E-state index contributed by atoms with van der Waals surface area (Å²) in [5.74, 6) is 1.16. The minimum atomic E-state index is 0.0913. The number of piperidine rings is 1. The van der Waals surface area contributed by atoms with Gasteiger partial charge in [-0.2, -0.15) is 0 Å². The summed E-state index contributed by atoms with van der Waals surface area (Å²) in [4.78, 5) is 17.1. The topological polar surface area (TPSA) is 49.6 Å². The molecule has 0 radical (unpaired) electrons. The van der Waals surface area contributed by atoms with Gasteiger partial charge in [-0.15, -0.1) is 0 Å². The highest BCUT2D eigenvalue weighted by Crippen LogP contribution is 2.27. The van der Waals surface area contributed by atoms with Crippen LogP contribution in [0.4, 0.5) is 0 Å². The van der Waals surface area contributed by atoms with Gasteiger partial charge in [0.1, 0.15) is 0 Å². The molecule has 2 aliphatic rings. The van der Waals surface area contributed by atoms with Crippen LogP contribution in [0.5, 0.6) is 0 Å². The van der Waals surface area contributed by atoms with Crippen LogP contribution in [0.2, 0.25) is 0 Å². The van der Waals surface area contributed by atoms with E-state index in [0.717, 1.165) is 51.2 Å². The fourth-order valence-electron chi connectivity index (χ4n) is 3.65. The molecule has 1 saturated heterocycles. The van der Waals surface area contributed by atoms with Crippen LogP contribution in [0.1, 0.15) is 52.4 Å². The van der Waals surface area contributed by atoms with Gasteiger partial charge in [-0.05, 0) is 52.5 Å². The van der Waals surface area contributed by atoms with Crippen molar-refractivity contribution in [2.45, 2.75) is 64.5 Å². The maximum Gasteiger partial charge on any atom is 0.227 e. The molecule has 122 valence electrons. The van der Waals surface area contributed by atoms with E-state index in [-0.39, 0.29) is 12.0 Å². The summed E-state index contributed by atoms with van der Waals surface area (Å²) in [6, 6.07) is 0.695. The summed E-state index contributed by atoms with van der Waals surface area (Å²) in [7, 11) is 2.20. The van der Waals surface area contributed by atoms with E-state index in [9.17, 15) is 4.79 Å². The lowest BCUT2D eigenvalue weighted by molar-refractivity contribution is -0.138. The van der Waals surface area contributed by atoms with Crippen molar-refractivity contribution >= 4 is 5.91 Å². The number of hydrogen-bond acceptors (Lipinski definition) is 3. The predicted molar refractivity (Wildman–Crippen MR) is 87.0 cm³/mol. The average molecular weight is 295 g/mol. The Bertz CT molecular complexity index is 337. The minimum Gasteiger partial charge on any atom is -0.342 e. The molecular weight excluding hydrogens is 262 g/mol. The summed E-state index contributed by atoms with van der Waals surface area (Å²) < 4.78 is 0. The number of likely N-dealkylation sites (tertiary alicyclic amines) is 1. The van der Waals surface area contributed by atoms with Gasteiger partial charge in [-0.1, -0.05) is 12.8 Å². The molecule has 1 saturated carbocycles. The second-order valence-electron chi connectivity index (χ2n) is 7.36. The molecular formula is C17H33N3O. The van der Waals surface area contributed by atoms with E-state index < -0.39 is 0 Å².